The fourth-order valence-corrected chi connectivity index (χ4v) is 0.521. The molecule has 0 aliphatic rings. The van der Waals surface area contributed by atoms with Crippen LogP contribution in [0.15, 0.2) is 12.7 Å². The number of esters is 1. The summed E-state index contributed by atoms with van der Waals surface area (Å²) in [4.78, 5) is 10.2. The van der Waals surface area contributed by atoms with Crippen LogP contribution in [0.2, 0.25) is 0 Å². The number of halogens is 7. The van der Waals surface area contributed by atoms with Crippen molar-refractivity contribution in [1.82, 2.24) is 0 Å². The number of alkyl halides is 7. The third kappa shape index (κ3) is 2.64. The van der Waals surface area contributed by atoms with E-state index < -0.39 is 30.6 Å². The highest BCUT2D eigenvalue weighted by atomic mass is 19.3. The lowest BCUT2D eigenvalue weighted by Crippen LogP contribution is -2.53. The van der Waals surface area contributed by atoms with E-state index in [1.165, 1.54) is 0 Å². The molecule has 94 valence electrons. The molecule has 0 aromatic heterocycles. The molecule has 2 nitrogen and oxygen atoms in total. The summed E-state index contributed by atoms with van der Waals surface area (Å²) in [6.07, 6.45) is -8.78. The van der Waals surface area contributed by atoms with Gasteiger partial charge in [0, 0.05) is 6.08 Å². The van der Waals surface area contributed by atoms with Crippen molar-refractivity contribution in [3.8, 4) is 0 Å². The molecule has 0 aliphatic carbocycles. The molecule has 0 N–H and O–H groups in total. The number of carbonyl (C=O) groups is 1. The Morgan fingerprint density at radius 3 is 1.88 bits per heavy atom. The zero-order chi connectivity index (χ0) is 13.1. The second-order valence-electron chi connectivity index (χ2n) is 2.50. The minimum atomic E-state index is -5.95. The average Bonchev–Trinajstić information content (AvgIpc) is 2.16. The summed E-state index contributed by atoms with van der Waals surface area (Å²) in [6, 6.07) is 0. The highest BCUT2D eigenvalue weighted by Crippen LogP contribution is 2.42. The van der Waals surface area contributed by atoms with Crippen molar-refractivity contribution in [3.05, 3.63) is 12.7 Å². The van der Waals surface area contributed by atoms with Crippen molar-refractivity contribution in [1.29, 1.82) is 0 Å². The molecular formula is C7H5F7O2. The number of hydrogen-bond acceptors (Lipinski definition) is 2. The summed E-state index contributed by atoms with van der Waals surface area (Å²) < 4.78 is 87.8. The smallest absolute Gasteiger partial charge is 0.381 e. The molecule has 0 aromatic carbocycles. The molecule has 0 aromatic rings. The zero-order valence-electron chi connectivity index (χ0n) is 7.40. The van der Waals surface area contributed by atoms with E-state index in [9.17, 15) is 35.5 Å². The molecule has 0 spiro atoms. The van der Waals surface area contributed by atoms with Gasteiger partial charge >= 0.3 is 30.6 Å². The van der Waals surface area contributed by atoms with Crippen LogP contribution in [-0.2, 0) is 9.53 Å². The Bertz CT molecular complexity index is 276. The first-order chi connectivity index (χ1) is 7.07. The van der Waals surface area contributed by atoms with E-state index >= 15 is 0 Å². The Morgan fingerprint density at radius 1 is 1.12 bits per heavy atom. The van der Waals surface area contributed by atoms with Gasteiger partial charge in [0.15, 0.2) is 0 Å². The van der Waals surface area contributed by atoms with E-state index in [4.69, 9.17) is 0 Å². The minimum absolute atomic E-state index is 0.211. The summed E-state index contributed by atoms with van der Waals surface area (Å²) in [7, 11) is 0. The van der Waals surface area contributed by atoms with Crippen LogP contribution in [0.1, 0.15) is 0 Å². The van der Waals surface area contributed by atoms with Crippen LogP contribution in [0.4, 0.5) is 30.7 Å². The van der Waals surface area contributed by atoms with Crippen molar-refractivity contribution >= 4 is 5.97 Å². The van der Waals surface area contributed by atoms with Crippen molar-refractivity contribution in [2.24, 2.45) is 0 Å². The first-order valence-electron chi connectivity index (χ1n) is 3.58. The van der Waals surface area contributed by atoms with Gasteiger partial charge in [0.25, 0.3) is 0 Å². The van der Waals surface area contributed by atoms with E-state index in [2.05, 4.69) is 11.3 Å². The van der Waals surface area contributed by atoms with Gasteiger partial charge in [-0.1, -0.05) is 6.58 Å². The lowest BCUT2D eigenvalue weighted by atomic mass is 10.2. The van der Waals surface area contributed by atoms with Gasteiger partial charge in [0.1, 0.15) is 0 Å². The van der Waals surface area contributed by atoms with E-state index in [1.807, 2.05) is 0 Å². The van der Waals surface area contributed by atoms with E-state index in [0.29, 0.717) is 0 Å². The van der Waals surface area contributed by atoms with E-state index in [-0.39, 0.29) is 6.08 Å². The molecule has 0 rings (SSSR count). The quantitative estimate of drug-likeness (QED) is 0.428. The molecule has 0 amide bonds. The van der Waals surface area contributed by atoms with Crippen molar-refractivity contribution in [2.75, 3.05) is 0 Å². The molecule has 0 saturated heterocycles. The monoisotopic (exact) mass is 254 g/mol. The predicted molar refractivity (Wildman–Crippen MR) is 37.1 cm³/mol. The van der Waals surface area contributed by atoms with Crippen LogP contribution < -0.4 is 0 Å². The van der Waals surface area contributed by atoms with Crippen LogP contribution in [0.3, 0.4) is 0 Å². The Hall–Kier alpha value is -1.28. The maximum atomic E-state index is 12.4. The molecule has 0 heterocycles. The number of ether oxygens (including phenoxy) is 1. The first kappa shape index (κ1) is 14.7. The fraction of sp³-hybridized carbons (Fsp3) is 0.571. The highest BCUT2D eigenvalue weighted by Gasteiger charge is 2.69. The van der Waals surface area contributed by atoms with E-state index in [1.54, 1.807) is 0 Å². The van der Waals surface area contributed by atoms with Gasteiger partial charge in [-0.2, -0.15) is 22.0 Å². The topological polar surface area (TPSA) is 26.3 Å². The van der Waals surface area contributed by atoms with E-state index in [0.717, 1.165) is 0 Å². The van der Waals surface area contributed by atoms with Crippen molar-refractivity contribution in [3.63, 3.8) is 0 Å². The predicted octanol–water partition coefficient (Wildman–Crippen LogP) is 2.55. The second kappa shape index (κ2) is 4.71. The van der Waals surface area contributed by atoms with Gasteiger partial charge in [-0.15, -0.1) is 0 Å². The van der Waals surface area contributed by atoms with Crippen molar-refractivity contribution < 1.29 is 40.3 Å². The minimum Gasteiger partial charge on any atom is -0.421 e. The maximum absolute atomic E-state index is 12.4. The molecule has 0 saturated carbocycles. The SMILES string of the molecule is C=CC(=O)OC(F)C(F)(F)C(F)(F)C(F)F. The molecule has 1 unspecified atom stereocenters. The van der Waals surface area contributed by atoms with Gasteiger partial charge in [0.2, 0.25) is 0 Å². The molecule has 0 radical (unpaired) electrons. The standard InChI is InChI=1S/C7H5F7O2/c1-2-3(15)16-5(10)7(13,14)6(11,12)4(8)9/h2,4-5H,1H2. The third-order valence-corrected chi connectivity index (χ3v) is 1.39. The van der Waals surface area contributed by atoms with Gasteiger partial charge in [-0.05, 0) is 0 Å². The summed E-state index contributed by atoms with van der Waals surface area (Å²) in [5.74, 6) is -13.6. The Labute approximate surface area is 84.7 Å². The third-order valence-electron chi connectivity index (χ3n) is 1.39. The lowest BCUT2D eigenvalue weighted by molar-refractivity contribution is -0.318. The average molecular weight is 254 g/mol. The molecule has 0 aliphatic heterocycles. The number of carbonyl (C=O) groups excluding carboxylic acids is 1. The molecule has 1 atom stereocenters. The summed E-state index contributed by atoms with van der Waals surface area (Å²) in [5, 5.41) is 0. The normalized spacial score (nSPS) is 14.8. The molecule has 9 heteroatoms. The highest BCUT2D eigenvalue weighted by molar-refractivity contribution is 5.81. The number of hydrogen-bond donors (Lipinski definition) is 0. The van der Waals surface area contributed by atoms with Crippen LogP contribution in [-0.4, -0.2) is 30.6 Å². The van der Waals surface area contributed by atoms with Crippen LogP contribution >= 0.6 is 0 Å². The first-order valence-corrected chi connectivity index (χ1v) is 3.58. The Morgan fingerprint density at radius 2 is 1.56 bits per heavy atom. The Kier molecular flexibility index (Phi) is 4.33. The van der Waals surface area contributed by atoms with Gasteiger partial charge in [0.05, 0.1) is 0 Å². The number of rotatable bonds is 5. The zero-order valence-corrected chi connectivity index (χ0v) is 7.40. The molecule has 0 bridgehead atoms. The Balaban J connectivity index is 4.90. The fourth-order valence-electron chi connectivity index (χ4n) is 0.521. The van der Waals surface area contributed by atoms with Gasteiger partial charge < -0.3 is 4.74 Å². The summed E-state index contributed by atoms with van der Waals surface area (Å²) in [6.45, 7) is 2.67. The lowest BCUT2D eigenvalue weighted by Gasteiger charge is -2.27. The molecule has 16 heavy (non-hydrogen) atoms. The molecule has 0 fully saturated rings. The molecular weight excluding hydrogens is 249 g/mol. The summed E-state index contributed by atoms with van der Waals surface area (Å²) >= 11 is 0. The van der Waals surface area contributed by atoms with Crippen molar-refractivity contribution in [2.45, 2.75) is 24.6 Å². The van der Waals surface area contributed by atoms with Crippen LogP contribution in [0.25, 0.3) is 0 Å². The maximum Gasteiger partial charge on any atom is 0.381 e. The summed E-state index contributed by atoms with van der Waals surface area (Å²) in [5.41, 5.74) is 0. The van der Waals surface area contributed by atoms with Gasteiger partial charge in [-0.3, -0.25) is 0 Å². The largest absolute Gasteiger partial charge is 0.421 e. The van der Waals surface area contributed by atoms with Crippen LogP contribution in [0.5, 0.6) is 0 Å². The second-order valence-corrected chi connectivity index (χ2v) is 2.50. The van der Waals surface area contributed by atoms with Gasteiger partial charge in [-0.25, -0.2) is 13.6 Å². The van der Waals surface area contributed by atoms with Crippen LogP contribution in [0, 0.1) is 0 Å².